The number of nitrogens with one attached hydrogen (secondary N) is 1. The van der Waals surface area contributed by atoms with E-state index in [9.17, 15) is 0 Å². The van der Waals surface area contributed by atoms with Crippen LogP contribution >= 0.6 is 35.3 Å². The molecule has 3 aliphatic rings. The van der Waals surface area contributed by atoms with Crippen molar-refractivity contribution in [3.05, 3.63) is 16.1 Å². The molecule has 1 aromatic rings. The molecule has 0 aromatic carbocycles. The first-order valence-corrected chi connectivity index (χ1v) is 8.58. The maximum atomic E-state index is 6.04. The maximum Gasteiger partial charge on any atom is 0.193 e. The zero-order valence-electron chi connectivity index (χ0n) is 13.0. The molecular weight excluding hydrogens is 411 g/mol. The van der Waals surface area contributed by atoms with Gasteiger partial charge in [0.2, 0.25) is 0 Å². The SMILES string of the molecule is CN=C(NCc1cnc(C)s1)N1CC2C3CCC(O3)C2C1.I. The van der Waals surface area contributed by atoms with E-state index in [-0.39, 0.29) is 24.0 Å². The summed E-state index contributed by atoms with van der Waals surface area (Å²) in [6.07, 6.45) is 5.48. The molecule has 4 rings (SSSR count). The molecule has 3 aliphatic heterocycles. The van der Waals surface area contributed by atoms with Crippen LogP contribution in [-0.2, 0) is 11.3 Å². The number of aryl methyl sites for hydroxylation is 1. The van der Waals surface area contributed by atoms with Crippen LogP contribution in [0.4, 0.5) is 0 Å². The molecular formula is C15H23IN4OS. The van der Waals surface area contributed by atoms with Crippen LogP contribution in [0.2, 0.25) is 0 Å². The predicted octanol–water partition coefficient (Wildman–Crippen LogP) is 2.25. The van der Waals surface area contributed by atoms with E-state index < -0.39 is 0 Å². The third-order valence-electron chi connectivity index (χ3n) is 5.05. The molecule has 4 unspecified atom stereocenters. The lowest BCUT2D eigenvalue weighted by Crippen LogP contribution is -2.40. The molecule has 0 radical (unpaired) electrons. The summed E-state index contributed by atoms with van der Waals surface area (Å²) in [5.74, 6) is 2.45. The smallest absolute Gasteiger partial charge is 0.193 e. The van der Waals surface area contributed by atoms with Gasteiger partial charge in [0.25, 0.3) is 0 Å². The lowest BCUT2D eigenvalue weighted by atomic mass is 9.82. The molecule has 2 bridgehead atoms. The number of guanidine groups is 1. The topological polar surface area (TPSA) is 49.8 Å². The van der Waals surface area contributed by atoms with Crippen molar-refractivity contribution in [2.75, 3.05) is 20.1 Å². The molecule has 3 saturated heterocycles. The summed E-state index contributed by atoms with van der Waals surface area (Å²) in [6.45, 7) is 5.04. The Morgan fingerprint density at radius 1 is 1.41 bits per heavy atom. The number of aliphatic imine (C=N–C) groups is 1. The molecule has 0 saturated carbocycles. The normalized spacial score (nSPS) is 33.0. The number of aromatic nitrogens is 1. The van der Waals surface area contributed by atoms with Gasteiger partial charge in [-0.05, 0) is 19.8 Å². The fourth-order valence-electron chi connectivity index (χ4n) is 4.12. The molecule has 122 valence electrons. The van der Waals surface area contributed by atoms with E-state index >= 15 is 0 Å². The van der Waals surface area contributed by atoms with Gasteiger partial charge in [-0.1, -0.05) is 0 Å². The van der Waals surface area contributed by atoms with Gasteiger partial charge in [0.15, 0.2) is 5.96 Å². The minimum absolute atomic E-state index is 0. The molecule has 4 heterocycles. The first-order chi connectivity index (χ1) is 10.2. The van der Waals surface area contributed by atoms with Gasteiger partial charge in [0.1, 0.15) is 0 Å². The molecule has 0 amide bonds. The molecule has 4 atom stereocenters. The van der Waals surface area contributed by atoms with Gasteiger partial charge in [0.05, 0.1) is 23.8 Å². The van der Waals surface area contributed by atoms with Gasteiger partial charge in [-0.15, -0.1) is 35.3 Å². The van der Waals surface area contributed by atoms with E-state index in [4.69, 9.17) is 4.74 Å². The van der Waals surface area contributed by atoms with E-state index in [2.05, 4.69) is 20.2 Å². The molecule has 1 N–H and O–H groups in total. The van der Waals surface area contributed by atoms with Crippen LogP contribution in [0, 0.1) is 18.8 Å². The number of thiazole rings is 1. The highest BCUT2D eigenvalue weighted by Crippen LogP contribution is 2.47. The number of fused-ring (bicyclic) bond motifs is 5. The molecule has 0 aliphatic carbocycles. The van der Waals surface area contributed by atoms with Crippen molar-refractivity contribution in [3.63, 3.8) is 0 Å². The Kier molecular flexibility index (Phi) is 4.94. The van der Waals surface area contributed by atoms with Crippen molar-refractivity contribution < 1.29 is 4.74 Å². The van der Waals surface area contributed by atoms with Crippen LogP contribution < -0.4 is 5.32 Å². The van der Waals surface area contributed by atoms with E-state index in [1.807, 2.05) is 20.2 Å². The maximum absolute atomic E-state index is 6.04. The van der Waals surface area contributed by atoms with E-state index in [1.165, 1.54) is 17.7 Å². The Bertz CT molecular complexity index is 545. The summed E-state index contributed by atoms with van der Waals surface area (Å²) in [7, 11) is 1.87. The van der Waals surface area contributed by atoms with Crippen molar-refractivity contribution in [1.82, 2.24) is 15.2 Å². The Labute approximate surface area is 152 Å². The van der Waals surface area contributed by atoms with E-state index in [0.717, 1.165) is 30.6 Å². The third-order valence-corrected chi connectivity index (χ3v) is 5.97. The van der Waals surface area contributed by atoms with Crippen molar-refractivity contribution in [2.45, 2.75) is 38.5 Å². The van der Waals surface area contributed by atoms with Gasteiger partial charge >= 0.3 is 0 Å². The average molecular weight is 434 g/mol. The fourth-order valence-corrected chi connectivity index (χ4v) is 4.85. The molecule has 5 nitrogen and oxygen atoms in total. The molecule has 22 heavy (non-hydrogen) atoms. The van der Waals surface area contributed by atoms with Crippen molar-refractivity contribution in [2.24, 2.45) is 16.8 Å². The zero-order valence-corrected chi connectivity index (χ0v) is 16.1. The number of likely N-dealkylation sites (tertiary alicyclic amines) is 1. The van der Waals surface area contributed by atoms with E-state index in [1.54, 1.807) is 11.3 Å². The minimum atomic E-state index is 0. The lowest BCUT2D eigenvalue weighted by molar-refractivity contribution is 0.0767. The second kappa shape index (κ2) is 6.60. The van der Waals surface area contributed by atoms with Crippen LogP contribution in [0.5, 0.6) is 0 Å². The monoisotopic (exact) mass is 434 g/mol. The molecule has 1 aromatic heterocycles. The molecule has 0 spiro atoms. The van der Waals surface area contributed by atoms with Crippen LogP contribution in [0.3, 0.4) is 0 Å². The lowest BCUT2D eigenvalue weighted by Gasteiger charge is -2.23. The van der Waals surface area contributed by atoms with Crippen LogP contribution in [-0.4, -0.2) is 48.2 Å². The first kappa shape index (κ1) is 16.4. The largest absolute Gasteiger partial charge is 0.374 e. The number of nitrogens with zero attached hydrogens (tertiary/aromatic N) is 3. The van der Waals surface area contributed by atoms with Crippen molar-refractivity contribution in [3.8, 4) is 0 Å². The summed E-state index contributed by atoms with van der Waals surface area (Å²) in [5, 5.41) is 4.60. The second-order valence-electron chi connectivity index (χ2n) is 6.27. The van der Waals surface area contributed by atoms with Gasteiger partial charge in [0, 0.05) is 43.0 Å². The Morgan fingerprint density at radius 3 is 2.64 bits per heavy atom. The van der Waals surface area contributed by atoms with Gasteiger partial charge in [-0.25, -0.2) is 4.98 Å². The van der Waals surface area contributed by atoms with Gasteiger partial charge in [-0.2, -0.15) is 0 Å². The number of hydrogen-bond donors (Lipinski definition) is 1. The Morgan fingerprint density at radius 2 is 2.09 bits per heavy atom. The zero-order chi connectivity index (χ0) is 14.4. The number of hydrogen-bond acceptors (Lipinski definition) is 4. The quantitative estimate of drug-likeness (QED) is 0.441. The summed E-state index contributed by atoms with van der Waals surface area (Å²) >= 11 is 1.74. The van der Waals surface area contributed by atoms with Gasteiger partial charge in [-0.3, -0.25) is 4.99 Å². The highest BCUT2D eigenvalue weighted by atomic mass is 127. The van der Waals surface area contributed by atoms with Crippen LogP contribution in [0.1, 0.15) is 22.7 Å². The van der Waals surface area contributed by atoms with Gasteiger partial charge < -0.3 is 15.0 Å². The van der Waals surface area contributed by atoms with Crippen molar-refractivity contribution >= 4 is 41.3 Å². The average Bonchev–Trinajstić information content (AvgIpc) is 3.20. The fraction of sp³-hybridized carbons (Fsp3) is 0.733. The summed E-state index contributed by atoms with van der Waals surface area (Å²) < 4.78 is 6.04. The molecule has 7 heteroatoms. The predicted molar refractivity (Wildman–Crippen MR) is 98.9 cm³/mol. The number of rotatable bonds is 2. The summed E-state index contributed by atoms with van der Waals surface area (Å²) in [5.41, 5.74) is 0. The van der Waals surface area contributed by atoms with E-state index in [0.29, 0.717) is 24.0 Å². The van der Waals surface area contributed by atoms with Crippen molar-refractivity contribution in [1.29, 1.82) is 0 Å². The molecule has 3 fully saturated rings. The number of halogens is 1. The van der Waals surface area contributed by atoms with Crippen LogP contribution in [0.25, 0.3) is 0 Å². The number of ether oxygens (including phenoxy) is 1. The standard InChI is InChI=1S/C15H22N4OS.HI/c1-9-17-5-10(21-9)6-18-15(16-2)19-7-11-12(8-19)14-4-3-13(11)20-14;/h5,11-14H,3-4,6-8H2,1-2H3,(H,16,18);1H. The van der Waals surface area contributed by atoms with Crippen LogP contribution in [0.15, 0.2) is 11.2 Å². The minimum Gasteiger partial charge on any atom is -0.374 e. The first-order valence-electron chi connectivity index (χ1n) is 7.77. The third kappa shape index (κ3) is 2.87. The second-order valence-corrected chi connectivity index (χ2v) is 7.59. The Hall–Kier alpha value is -0.410. The highest BCUT2D eigenvalue weighted by Gasteiger charge is 2.53. The Balaban J connectivity index is 0.00000144. The summed E-state index contributed by atoms with van der Waals surface area (Å²) in [6, 6.07) is 0. The highest BCUT2D eigenvalue weighted by molar-refractivity contribution is 14.0. The summed E-state index contributed by atoms with van der Waals surface area (Å²) in [4.78, 5) is 12.4.